The molecule has 3 aromatic rings. The van der Waals surface area contributed by atoms with Crippen molar-refractivity contribution < 1.29 is 27.5 Å². The first-order chi connectivity index (χ1) is 13.5. The van der Waals surface area contributed by atoms with Gasteiger partial charge in [-0.15, -0.1) is 0 Å². The third kappa shape index (κ3) is 3.45. The van der Waals surface area contributed by atoms with Gasteiger partial charge < -0.3 is 14.2 Å². The van der Waals surface area contributed by atoms with Gasteiger partial charge in [-0.2, -0.15) is 0 Å². The molecule has 2 aromatic heterocycles. The number of rotatable bonds is 5. The average molecular weight is 390 g/mol. The summed E-state index contributed by atoms with van der Waals surface area (Å²) < 4.78 is 41.7. The van der Waals surface area contributed by atoms with Gasteiger partial charge in [0.05, 0.1) is 6.04 Å². The molecule has 1 fully saturated rings. The van der Waals surface area contributed by atoms with E-state index < -0.39 is 11.6 Å². The van der Waals surface area contributed by atoms with Crippen molar-refractivity contribution in [3.8, 4) is 5.75 Å². The Balaban J connectivity index is 1.45. The van der Waals surface area contributed by atoms with Crippen LogP contribution in [0.4, 0.5) is 8.78 Å². The molecule has 0 aliphatic carbocycles. The van der Waals surface area contributed by atoms with Crippen molar-refractivity contribution in [2.45, 2.75) is 32.4 Å². The Kier molecular flexibility index (Phi) is 4.76. The van der Waals surface area contributed by atoms with Gasteiger partial charge in [0.1, 0.15) is 23.8 Å². The Morgan fingerprint density at radius 1 is 1.29 bits per heavy atom. The van der Waals surface area contributed by atoms with Crippen molar-refractivity contribution in [3.05, 3.63) is 58.7 Å². The summed E-state index contributed by atoms with van der Waals surface area (Å²) in [6.07, 6.45) is 1.57. The number of likely N-dealkylation sites (tertiary alicyclic amines) is 1. The summed E-state index contributed by atoms with van der Waals surface area (Å²) in [5.41, 5.74) is 1.38. The second kappa shape index (κ2) is 7.37. The fourth-order valence-corrected chi connectivity index (χ4v) is 3.20. The molecule has 10 heteroatoms. The van der Waals surface area contributed by atoms with E-state index in [1.807, 2.05) is 0 Å². The normalized spacial score (nSPS) is 16.5. The van der Waals surface area contributed by atoms with Gasteiger partial charge >= 0.3 is 0 Å². The van der Waals surface area contributed by atoms with Crippen LogP contribution in [0.2, 0.25) is 0 Å². The van der Waals surface area contributed by atoms with Gasteiger partial charge in [0.25, 0.3) is 5.91 Å². The minimum absolute atomic E-state index is 0.110. The first kappa shape index (κ1) is 18.1. The van der Waals surface area contributed by atoms with Crippen molar-refractivity contribution in [2.75, 3.05) is 6.54 Å². The molecule has 1 aliphatic heterocycles. The maximum absolute atomic E-state index is 13.6. The Hall–Kier alpha value is -3.30. The highest BCUT2D eigenvalue weighted by molar-refractivity contribution is 5.92. The lowest BCUT2D eigenvalue weighted by Gasteiger charge is -2.21. The smallest absolute Gasteiger partial charge is 0.276 e. The van der Waals surface area contributed by atoms with Gasteiger partial charge in [0.2, 0.25) is 0 Å². The highest BCUT2D eigenvalue weighted by atomic mass is 19.1. The topological polar surface area (TPSA) is 94.5 Å². The molecule has 0 saturated carbocycles. The molecule has 8 nitrogen and oxygen atoms in total. The van der Waals surface area contributed by atoms with Gasteiger partial charge in [-0.1, -0.05) is 15.5 Å². The van der Waals surface area contributed by atoms with Gasteiger partial charge in [0.15, 0.2) is 23.0 Å². The summed E-state index contributed by atoms with van der Waals surface area (Å²) in [6.45, 7) is 2.17. The minimum atomic E-state index is -0.827. The van der Waals surface area contributed by atoms with Crippen LogP contribution in [0.5, 0.6) is 5.75 Å². The van der Waals surface area contributed by atoms with E-state index in [2.05, 4.69) is 15.5 Å². The van der Waals surface area contributed by atoms with E-state index in [4.69, 9.17) is 13.9 Å². The van der Waals surface area contributed by atoms with Gasteiger partial charge in [-0.3, -0.25) is 4.79 Å². The maximum Gasteiger partial charge on any atom is 0.276 e. The number of hydrogen-bond acceptors (Lipinski definition) is 7. The predicted octanol–water partition coefficient (Wildman–Crippen LogP) is 3.20. The Morgan fingerprint density at radius 3 is 2.89 bits per heavy atom. The number of ether oxygens (including phenoxy) is 1. The zero-order valence-corrected chi connectivity index (χ0v) is 14.9. The van der Waals surface area contributed by atoms with E-state index in [1.54, 1.807) is 11.8 Å². The van der Waals surface area contributed by atoms with Gasteiger partial charge in [0, 0.05) is 18.7 Å². The molecule has 0 radical (unpaired) electrons. The summed E-state index contributed by atoms with van der Waals surface area (Å²) in [5, 5.41) is 11.5. The number of carbonyl (C=O) groups is 1. The Labute approximate surface area is 158 Å². The molecule has 0 bridgehead atoms. The zero-order chi connectivity index (χ0) is 19.7. The molecule has 1 amide bonds. The Bertz CT molecular complexity index is 1000. The van der Waals surface area contributed by atoms with E-state index >= 15 is 0 Å². The molecule has 0 N–H and O–H groups in total. The summed E-state index contributed by atoms with van der Waals surface area (Å²) in [5.74, 6) is -1.73. The van der Waals surface area contributed by atoms with Crippen LogP contribution in [-0.2, 0) is 6.61 Å². The highest BCUT2D eigenvalue weighted by Crippen LogP contribution is 2.33. The van der Waals surface area contributed by atoms with E-state index in [0.717, 1.165) is 25.0 Å². The largest absolute Gasteiger partial charge is 0.482 e. The molecular weight excluding hydrogens is 374 g/mol. The highest BCUT2D eigenvalue weighted by Gasteiger charge is 2.35. The van der Waals surface area contributed by atoms with Crippen molar-refractivity contribution in [1.29, 1.82) is 0 Å². The second-order valence-corrected chi connectivity index (χ2v) is 6.43. The quantitative estimate of drug-likeness (QED) is 0.660. The van der Waals surface area contributed by atoms with Crippen molar-refractivity contribution in [1.82, 2.24) is 20.4 Å². The number of aryl methyl sites for hydroxylation is 1. The summed E-state index contributed by atoms with van der Waals surface area (Å²) in [4.78, 5) is 14.5. The summed E-state index contributed by atoms with van der Waals surface area (Å²) >= 11 is 0. The molecule has 1 atom stereocenters. The summed E-state index contributed by atoms with van der Waals surface area (Å²) in [7, 11) is 0. The fourth-order valence-electron chi connectivity index (χ4n) is 3.20. The number of aromatic nitrogens is 3. The number of carbonyl (C=O) groups excluding carboxylic acids is 1. The van der Waals surface area contributed by atoms with Crippen molar-refractivity contribution >= 4 is 5.91 Å². The van der Waals surface area contributed by atoms with Crippen LogP contribution in [0.15, 0.2) is 33.4 Å². The van der Waals surface area contributed by atoms with Crippen LogP contribution < -0.4 is 4.74 Å². The van der Waals surface area contributed by atoms with Gasteiger partial charge in [-0.05, 0) is 31.9 Å². The molecule has 3 heterocycles. The summed E-state index contributed by atoms with van der Waals surface area (Å²) in [6, 6.07) is 4.19. The minimum Gasteiger partial charge on any atom is -0.482 e. The van der Waals surface area contributed by atoms with Gasteiger partial charge in [-0.25, -0.2) is 13.4 Å². The molecule has 146 valence electrons. The molecule has 1 aliphatic rings. The standard InChI is InChI=1S/C18H16F2N4O4/c1-10-17(23-28-21-10)15-3-2-6-24(15)18(25)14-8-12(27-22-14)9-26-16-5-4-11(19)7-13(16)20/h4-5,7-8,15H,2-3,6,9H2,1H3. The lowest BCUT2D eigenvalue weighted by atomic mass is 10.1. The second-order valence-electron chi connectivity index (χ2n) is 6.43. The molecular formula is C18H16F2N4O4. The molecule has 1 saturated heterocycles. The van der Waals surface area contributed by atoms with E-state index in [0.29, 0.717) is 17.9 Å². The first-order valence-corrected chi connectivity index (χ1v) is 8.66. The van der Waals surface area contributed by atoms with Crippen LogP contribution in [0.1, 0.15) is 46.5 Å². The van der Waals surface area contributed by atoms with Crippen molar-refractivity contribution in [3.63, 3.8) is 0 Å². The predicted molar refractivity (Wildman–Crippen MR) is 89.2 cm³/mol. The SMILES string of the molecule is Cc1nonc1C1CCCN1C(=O)c1cc(COc2ccc(F)cc2F)on1. The number of hydrogen-bond donors (Lipinski definition) is 0. The van der Waals surface area contributed by atoms with Crippen LogP contribution >= 0.6 is 0 Å². The molecule has 1 aromatic carbocycles. The lowest BCUT2D eigenvalue weighted by molar-refractivity contribution is 0.0719. The van der Waals surface area contributed by atoms with Crippen LogP contribution in [0.25, 0.3) is 0 Å². The average Bonchev–Trinajstić information content (AvgIpc) is 3.40. The van der Waals surface area contributed by atoms with Crippen molar-refractivity contribution in [2.24, 2.45) is 0 Å². The van der Waals surface area contributed by atoms with E-state index in [-0.39, 0.29) is 35.8 Å². The molecule has 4 rings (SSSR count). The molecule has 28 heavy (non-hydrogen) atoms. The monoisotopic (exact) mass is 390 g/mol. The maximum atomic E-state index is 13.6. The molecule has 1 unspecified atom stereocenters. The van der Waals surface area contributed by atoms with E-state index in [1.165, 1.54) is 12.1 Å². The number of benzene rings is 1. The lowest BCUT2D eigenvalue weighted by Crippen LogP contribution is -2.31. The Morgan fingerprint density at radius 2 is 2.14 bits per heavy atom. The van der Waals surface area contributed by atoms with Crippen LogP contribution in [0.3, 0.4) is 0 Å². The van der Waals surface area contributed by atoms with Crippen LogP contribution in [-0.4, -0.2) is 32.8 Å². The number of nitrogens with zero attached hydrogens (tertiary/aromatic N) is 4. The first-order valence-electron chi connectivity index (χ1n) is 8.66. The molecule has 0 spiro atoms. The fraction of sp³-hybridized carbons (Fsp3) is 0.333. The van der Waals surface area contributed by atoms with Crippen LogP contribution in [0, 0.1) is 18.6 Å². The number of halogens is 2. The number of amides is 1. The third-order valence-corrected chi connectivity index (χ3v) is 4.56. The third-order valence-electron chi connectivity index (χ3n) is 4.56. The zero-order valence-electron chi connectivity index (χ0n) is 14.9. The van der Waals surface area contributed by atoms with E-state index in [9.17, 15) is 13.6 Å².